The maximum absolute atomic E-state index is 11.8. The predicted octanol–water partition coefficient (Wildman–Crippen LogP) is 2.81. The minimum Gasteiger partial charge on any atom is -0.352 e. The van der Waals surface area contributed by atoms with Gasteiger partial charge in [0.1, 0.15) is 0 Å². The molecule has 0 aromatic carbocycles. The van der Waals surface area contributed by atoms with E-state index in [9.17, 15) is 4.79 Å². The van der Waals surface area contributed by atoms with Crippen molar-refractivity contribution in [3.8, 4) is 0 Å². The molecule has 0 saturated carbocycles. The first-order valence-corrected chi connectivity index (χ1v) is 10.0. The second kappa shape index (κ2) is 4.80. The summed E-state index contributed by atoms with van der Waals surface area (Å²) in [5.41, 5.74) is 0.855. The Kier molecular flexibility index (Phi) is 4.14. The summed E-state index contributed by atoms with van der Waals surface area (Å²) in [6.45, 7) is 9.39. The second-order valence-electron chi connectivity index (χ2n) is 4.40. The third kappa shape index (κ3) is 3.16. The van der Waals surface area contributed by atoms with Crippen LogP contribution in [0.1, 0.15) is 17.3 Å². The molecule has 0 fully saturated rings. The molecule has 0 bridgehead atoms. The topological polar surface area (TPSA) is 29.1 Å². The van der Waals surface area contributed by atoms with Gasteiger partial charge in [-0.25, -0.2) is 0 Å². The van der Waals surface area contributed by atoms with Crippen molar-refractivity contribution in [2.45, 2.75) is 26.6 Å². The molecular formula is C10H16BrNOSSi. The Hall–Kier alpha value is -0.133. The molecule has 5 heteroatoms. The Morgan fingerprint density at radius 1 is 1.53 bits per heavy atom. The lowest BCUT2D eigenvalue weighted by molar-refractivity contribution is 0.0957. The molecule has 1 rings (SSSR count). The number of carbonyl (C=O) groups is 1. The Balaban J connectivity index is 3.12. The minimum absolute atomic E-state index is 0.0527. The first-order valence-electron chi connectivity index (χ1n) is 4.94. The molecule has 0 aliphatic heterocycles. The zero-order valence-corrected chi connectivity index (χ0v) is 12.9. The summed E-state index contributed by atoms with van der Waals surface area (Å²) < 4.78 is 2.31. The van der Waals surface area contributed by atoms with Gasteiger partial charge < -0.3 is 5.32 Å². The fourth-order valence-corrected chi connectivity index (χ4v) is 5.69. The second-order valence-corrected chi connectivity index (χ2v) is 12.2. The highest BCUT2D eigenvalue weighted by Crippen LogP contribution is 2.22. The van der Waals surface area contributed by atoms with Gasteiger partial charge in [0.05, 0.1) is 17.4 Å². The van der Waals surface area contributed by atoms with Crippen LogP contribution in [-0.4, -0.2) is 20.5 Å². The molecule has 0 unspecified atom stereocenters. The fourth-order valence-electron chi connectivity index (χ4n) is 1.34. The molecule has 0 radical (unpaired) electrons. The molecule has 15 heavy (non-hydrogen) atoms. The lowest BCUT2D eigenvalue weighted by atomic mass is 10.3. The van der Waals surface area contributed by atoms with E-state index in [0.717, 1.165) is 9.35 Å². The largest absolute Gasteiger partial charge is 0.352 e. The summed E-state index contributed by atoms with van der Waals surface area (Å²) in [6, 6.07) is 1.93. The van der Waals surface area contributed by atoms with Gasteiger partial charge >= 0.3 is 0 Å². The van der Waals surface area contributed by atoms with Gasteiger partial charge in [-0.15, -0.1) is 11.3 Å². The third-order valence-electron chi connectivity index (χ3n) is 1.97. The molecule has 1 N–H and O–H groups in total. The van der Waals surface area contributed by atoms with Crippen molar-refractivity contribution in [2.75, 3.05) is 6.54 Å². The van der Waals surface area contributed by atoms with E-state index in [4.69, 9.17) is 0 Å². The van der Waals surface area contributed by atoms with Gasteiger partial charge in [0.15, 0.2) is 0 Å². The van der Waals surface area contributed by atoms with Crippen molar-refractivity contribution in [3.05, 3.63) is 15.4 Å². The van der Waals surface area contributed by atoms with Crippen molar-refractivity contribution >= 4 is 45.7 Å². The average molecular weight is 306 g/mol. The molecule has 0 spiro atoms. The van der Waals surface area contributed by atoms with Crippen LogP contribution in [0.25, 0.3) is 0 Å². The van der Waals surface area contributed by atoms with Gasteiger partial charge in [-0.05, 0) is 28.9 Å². The minimum atomic E-state index is -1.42. The van der Waals surface area contributed by atoms with Crippen LogP contribution in [0.2, 0.25) is 19.6 Å². The first-order chi connectivity index (χ1) is 6.86. The van der Waals surface area contributed by atoms with Gasteiger partial charge in [0.25, 0.3) is 5.91 Å². The monoisotopic (exact) mass is 305 g/mol. The summed E-state index contributed by atoms with van der Waals surface area (Å²) in [5.74, 6) is 0.0527. The summed E-state index contributed by atoms with van der Waals surface area (Å²) in [7, 11) is -1.42. The number of carbonyl (C=O) groups excluding carboxylic acids is 1. The van der Waals surface area contributed by atoms with Crippen LogP contribution in [0.15, 0.2) is 9.85 Å². The molecule has 0 aliphatic rings. The van der Waals surface area contributed by atoms with Crippen molar-refractivity contribution in [3.63, 3.8) is 0 Å². The lowest BCUT2D eigenvalue weighted by Gasteiger charge is -2.15. The van der Waals surface area contributed by atoms with Crippen LogP contribution in [0, 0.1) is 0 Å². The summed E-state index contributed by atoms with van der Waals surface area (Å²) in [5, 5.41) is 2.86. The molecular weight excluding hydrogens is 290 g/mol. The van der Waals surface area contributed by atoms with E-state index in [2.05, 4.69) is 40.9 Å². The zero-order valence-electron chi connectivity index (χ0n) is 9.48. The Morgan fingerprint density at radius 3 is 2.60 bits per heavy atom. The van der Waals surface area contributed by atoms with Crippen LogP contribution in [-0.2, 0) is 0 Å². The highest BCUT2D eigenvalue weighted by Gasteiger charge is 2.26. The standard InChI is InChI=1S/C10H16BrNOSSi/c1-5-12-9(13)7-6-8(11)14-10(7)15(2,3)4/h6H,5H2,1-4H3,(H,12,13). The number of rotatable bonds is 3. The summed E-state index contributed by atoms with van der Waals surface area (Å²) in [6.07, 6.45) is 0. The molecule has 0 atom stereocenters. The van der Waals surface area contributed by atoms with Crippen LogP contribution >= 0.6 is 27.3 Å². The maximum Gasteiger partial charge on any atom is 0.252 e. The molecule has 1 amide bonds. The Morgan fingerprint density at radius 2 is 2.13 bits per heavy atom. The number of thiophene rings is 1. The predicted molar refractivity (Wildman–Crippen MR) is 73.0 cm³/mol. The molecule has 1 heterocycles. The van der Waals surface area contributed by atoms with E-state index >= 15 is 0 Å². The number of halogens is 1. The summed E-state index contributed by atoms with van der Waals surface area (Å²) >= 11 is 5.15. The molecule has 84 valence electrons. The smallest absolute Gasteiger partial charge is 0.252 e. The van der Waals surface area contributed by atoms with E-state index in [1.807, 2.05) is 13.0 Å². The van der Waals surface area contributed by atoms with E-state index < -0.39 is 8.07 Å². The SMILES string of the molecule is CCNC(=O)c1cc(Br)sc1[Si](C)(C)C. The molecule has 1 aromatic rings. The highest BCUT2D eigenvalue weighted by molar-refractivity contribution is 9.11. The quantitative estimate of drug-likeness (QED) is 0.855. The van der Waals surface area contributed by atoms with Crippen molar-refractivity contribution < 1.29 is 4.79 Å². The zero-order chi connectivity index (χ0) is 11.6. The number of hydrogen-bond donors (Lipinski definition) is 1. The van der Waals surface area contributed by atoms with Gasteiger partial charge in [-0.3, -0.25) is 4.79 Å². The van der Waals surface area contributed by atoms with Gasteiger partial charge in [0.2, 0.25) is 0 Å². The van der Waals surface area contributed by atoms with Crippen LogP contribution in [0.5, 0.6) is 0 Å². The van der Waals surface area contributed by atoms with Gasteiger partial charge in [-0.1, -0.05) is 19.6 Å². The molecule has 0 saturated heterocycles. The first kappa shape index (κ1) is 12.9. The highest BCUT2D eigenvalue weighted by atomic mass is 79.9. The lowest BCUT2D eigenvalue weighted by Crippen LogP contribution is -2.40. The van der Waals surface area contributed by atoms with E-state index in [0.29, 0.717) is 6.54 Å². The number of amides is 1. The van der Waals surface area contributed by atoms with Crippen LogP contribution < -0.4 is 9.82 Å². The van der Waals surface area contributed by atoms with Crippen molar-refractivity contribution in [1.29, 1.82) is 0 Å². The maximum atomic E-state index is 11.8. The Bertz CT molecular complexity index is 370. The average Bonchev–Trinajstić information content (AvgIpc) is 2.47. The van der Waals surface area contributed by atoms with E-state index in [1.165, 1.54) is 4.50 Å². The number of hydrogen-bond acceptors (Lipinski definition) is 2. The molecule has 2 nitrogen and oxygen atoms in total. The third-order valence-corrected chi connectivity index (χ3v) is 7.19. The van der Waals surface area contributed by atoms with Crippen LogP contribution in [0.4, 0.5) is 0 Å². The van der Waals surface area contributed by atoms with E-state index in [1.54, 1.807) is 11.3 Å². The van der Waals surface area contributed by atoms with Gasteiger partial charge in [-0.2, -0.15) is 0 Å². The molecule has 1 aromatic heterocycles. The van der Waals surface area contributed by atoms with Gasteiger partial charge in [0, 0.05) is 11.0 Å². The van der Waals surface area contributed by atoms with E-state index in [-0.39, 0.29) is 5.91 Å². The fraction of sp³-hybridized carbons (Fsp3) is 0.500. The van der Waals surface area contributed by atoms with Crippen molar-refractivity contribution in [1.82, 2.24) is 5.32 Å². The number of nitrogens with one attached hydrogen (secondary N) is 1. The van der Waals surface area contributed by atoms with Crippen molar-refractivity contribution in [2.24, 2.45) is 0 Å². The normalized spacial score (nSPS) is 11.5. The van der Waals surface area contributed by atoms with Crippen LogP contribution in [0.3, 0.4) is 0 Å². The molecule has 0 aliphatic carbocycles. The Labute approximate surface area is 104 Å². The summed E-state index contributed by atoms with van der Waals surface area (Å²) in [4.78, 5) is 11.8.